The third-order valence-electron chi connectivity index (χ3n) is 7.84. The maximum absolute atomic E-state index is 12.8. The van der Waals surface area contributed by atoms with Crippen LogP contribution in [0.1, 0.15) is 25.7 Å². The second kappa shape index (κ2) is 12.4. The molecule has 0 radical (unpaired) electrons. The van der Waals surface area contributed by atoms with E-state index in [4.69, 9.17) is 8.23 Å². The summed E-state index contributed by atoms with van der Waals surface area (Å²) in [5, 5.41) is 0. The SMILES string of the molecule is C[Si]1(C)CN(C(=O)[C@@H]2CCCN2S(C)(=O)=O)C[Si](C)(C)O1.C[Si]1(C)CN(C(=O)[C@@H]2CCCN2S(C)(=O)=O)C[Si](C)(C)O1. The van der Waals surface area contributed by atoms with Crippen LogP contribution in [0.15, 0.2) is 0 Å². The van der Waals surface area contributed by atoms with Crippen molar-refractivity contribution in [2.75, 3.05) is 50.3 Å². The topological polar surface area (TPSA) is 134 Å². The molecule has 244 valence electrons. The lowest BCUT2D eigenvalue weighted by Gasteiger charge is -2.46. The molecule has 4 aliphatic rings. The molecule has 0 aromatic heterocycles. The summed E-state index contributed by atoms with van der Waals surface area (Å²) in [4.78, 5) is 29.5. The molecular formula is C24H52N4O8S2Si4. The molecule has 0 saturated carbocycles. The molecule has 0 spiro atoms. The average Bonchev–Trinajstić information content (AvgIpc) is 3.44. The number of amides is 2. The highest BCUT2D eigenvalue weighted by Crippen LogP contribution is 2.29. The zero-order valence-electron chi connectivity index (χ0n) is 27.1. The van der Waals surface area contributed by atoms with Crippen LogP contribution < -0.4 is 0 Å². The van der Waals surface area contributed by atoms with E-state index < -0.39 is 65.4 Å². The number of nitrogens with zero attached hydrogens (tertiary/aromatic N) is 4. The van der Waals surface area contributed by atoms with Crippen molar-refractivity contribution in [3.8, 4) is 0 Å². The lowest BCUT2D eigenvalue weighted by Crippen LogP contribution is -2.66. The van der Waals surface area contributed by atoms with Crippen molar-refractivity contribution in [2.24, 2.45) is 0 Å². The maximum Gasteiger partial charge on any atom is 0.240 e. The Labute approximate surface area is 257 Å². The zero-order chi connectivity index (χ0) is 32.1. The Morgan fingerprint density at radius 1 is 0.571 bits per heavy atom. The molecular weight excluding hydrogens is 649 g/mol. The molecule has 0 aliphatic carbocycles. The van der Waals surface area contributed by atoms with E-state index in [1.54, 1.807) is 0 Å². The Kier molecular flexibility index (Phi) is 10.6. The molecule has 4 saturated heterocycles. The van der Waals surface area contributed by atoms with Crippen LogP contribution in [0, 0.1) is 0 Å². The fourth-order valence-corrected chi connectivity index (χ4v) is 27.5. The first-order valence-corrected chi connectivity index (χ1v) is 30.9. The molecule has 2 amide bonds. The zero-order valence-corrected chi connectivity index (χ0v) is 32.7. The number of carbonyl (C=O) groups is 2. The second-order valence-electron chi connectivity index (χ2n) is 14.7. The molecule has 4 aliphatic heterocycles. The summed E-state index contributed by atoms with van der Waals surface area (Å²) in [6.45, 7) is 18.0. The summed E-state index contributed by atoms with van der Waals surface area (Å²) in [6, 6.07) is -1.01. The van der Waals surface area contributed by atoms with Gasteiger partial charge in [-0.05, 0) is 78.1 Å². The fraction of sp³-hybridized carbons (Fsp3) is 0.917. The third-order valence-corrected chi connectivity index (χ3v) is 23.8. The van der Waals surface area contributed by atoms with E-state index in [0.717, 1.165) is 12.8 Å². The van der Waals surface area contributed by atoms with Crippen molar-refractivity contribution in [1.29, 1.82) is 0 Å². The summed E-state index contributed by atoms with van der Waals surface area (Å²) < 4.78 is 62.6. The summed E-state index contributed by atoms with van der Waals surface area (Å²) in [5.74, 6) is -0.0512. The molecule has 0 unspecified atom stereocenters. The van der Waals surface area contributed by atoms with E-state index in [1.807, 2.05) is 9.80 Å². The Bertz CT molecular complexity index is 1130. The predicted molar refractivity (Wildman–Crippen MR) is 174 cm³/mol. The van der Waals surface area contributed by atoms with Gasteiger partial charge in [-0.1, -0.05) is 0 Å². The van der Waals surface area contributed by atoms with Gasteiger partial charge in [-0.25, -0.2) is 16.8 Å². The van der Waals surface area contributed by atoms with E-state index in [1.165, 1.54) is 21.1 Å². The Morgan fingerprint density at radius 3 is 1.07 bits per heavy atom. The van der Waals surface area contributed by atoms with Crippen LogP contribution in [0.5, 0.6) is 0 Å². The van der Waals surface area contributed by atoms with Crippen LogP contribution in [-0.2, 0) is 37.9 Å². The monoisotopic (exact) mass is 700 g/mol. The van der Waals surface area contributed by atoms with Gasteiger partial charge in [0.05, 0.1) is 12.5 Å². The first-order valence-electron chi connectivity index (χ1n) is 14.7. The van der Waals surface area contributed by atoms with Gasteiger partial charge in [-0.2, -0.15) is 8.61 Å². The molecule has 0 aromatic rings. The van der Waals surface area contributed by atoms with E-state index in [-0.39, 0.29) is 11.8 Å². The standard InChI is InChI=1S/2C12H26N2O4SSi2/c2*1-19(16,17)14-8-6-7-11(14)12(15)13-9-20(2,3)18-21(4,5)10-13/h2*11H,6-10H2,1-5H3/t2*11-/m00/s1. The van der Waals surface area contributed by atoms with Crippen molar-refractivity contribution in [3.05, 3.63) is 0 Å². The lowest BCUT2D eigenvalue weighted by molar-refractivity contribution is -0.134. The van der Waals surface area contributed by atoms with Crippen molar-refractivity contribution in [1.82, 2.24) is 18.4 Å². The van der Waals surface area contributed by atoms with Gasteiger partial charge >= 0.3 is 0 Å². The Morgan fingerprint density at radius 2 is 0.833 bits per heavy atom. The normalized spacial score (nSPS) is 29.6. The average molecular weight is 701 g/mol. The lowest BCUT2D eigenvalue weighted by atomic mass is 10.2. The summed E-state index contributed by atoms with van der Waals surface area (Å²) in [5.41, 5.74) is 0. The Balaban J connectivity index is 0.000000230. The highest BCUT2D eigenvalue weighted by Gasteiger charge is 2.48. The first kappa shape index (κ1) is 36.0. The molecule has 42 heavy (non-hydrogen) atoms. The largest absolute Gasteiger partial charge is 0.453 e. The number of hydrogen-bond donors (Lipinski definition) is 0. The molecule has 4 heterocycles. The molecule has 18 heteroatoms. The quantitative estimate of drug-likeness (QED) is 0.404. The minimum absolute atomic E-state index is 0.0256. The predicted octanol–water partition coefficient (Wildman–Crippen LogP) is 1.52. The van der Waals surface area contributed by atoms with E-state index in [9.17, 15) is 26.4 Å². The number of rotatable bonds is 4. The number of sulfonamides is 2. The van der Waals surface area contributed by atoms with Crippen molar-refractivity contribution in [2.45, 2.75) is 90.1 Å². The van der Waals surface area contributed by atoms with Crippen LogP contribution in [0.25, 0.3) is 0 Å². The van der Waals surface area contributed by atoms with E-state index in [0.29, 0.717) is 50.6 Å². The van der Waals surface area contributed by atoms with Crippen LogP contribution in [-0.4, -0.2) is 143 Å². The van der Waals surface area contributed by atoms with Crippen molar-refractivity contribution >= 4 is 65.1 Å². The smallest absolute Gasteiger partial charge is 0.240 e. The first-order chi connectivity index (χ1) is 18.8. The van der Waals surface area contributed by atoms with Crippen LogP contribution in [0.3, 0.4) is 0 Å². The molecule has 12 nitrogen and oxygen atoms in total. The van der Waals surface area contributed by atoms with Crippen LogP contribution in [0.4, 0.5) is 0 Å². The van der Waals surface area contributed by atoms with Gasteiger partial charge in [-0.15, -0.1) is 0 Å². The van der Waals surface area contributed by atoms with E-state index in [2.05, 4.69) is 52.4 Å². The van der Waals surface area contributed by atoms with Gasteiger partial charge in [0.25, 0.3) is 0 Å². The van der Waals surface area contributed by atoms with Gasteiger partial charge in [0.15, 0.2) is 33.3 Å². The number of carbonyl (C=O) groups excluding carboxylic acids is 2. The van der Waals surface area contributed by atoms with Crippen molar-refractivity contribution < 1.29 is 34.7 Å². The summed E-state index contributed by atoms with van der Waals surface area (Å²) >= 11 is 0. The minimum Gasteiger partial charge on any atom is -0.453 e. The minimum atomic E-state index is -3.32. The van der Waals surface area contributed by atoms with Crippen LogP contribution >= 0.6 is 0 Å². The summed E-state index contributed by atoms with van der Waals surface area (Å²) in [6.07, 6.45) is 7.81. The van der Waals surface area contributed by atoms with Gasteiger partial charge in [-0.3, -0.25) is 9.59 Å². The molecule has 0 aromatic carbocycles. The molecule has 4 fully saturated rings. The maximum atomic E-state index is 12.8. The van der Waals surface area contributed by atoms with Gasteiger partial charge in [0.2, 0.25) is 31.9 Å². The highest BCUT2D eigenvalue weighted by molar-refractivity contribution is 7.88. The fourth-order valence-electron chi connectivity index (χ4n) is 7.08. The summed E-state index contributed by atoms with van der Waals surface area (Å²) in [7, 11) is -14.1. The molecule has 0 N–H and O–H groups in total. The van der Waals surface area contributed by atoms with Crippen LogP contribution in [0.2, 0.25) is 52.4 Å². The van der Waals surface area contributed by atoms with Crippen molar-refractivity contribution in [3.63, 3.8) is 0 Å². The van der Waals surface area contributed by atoms with Gasteiger partial charge in [0.1, 0.15) is 12.1 Å². The third kappa shape index (κ3) is 9.29. The molecule has 4 rings (SSSR count). The van der Waals surface area contributed by atoms with E-state index >= 15 is 0 Å². The number of hydrogen-bond acceptors (Lipinski definition) is 8. The molecule has 0 bridgehead atoms. The highest BCUT2D eigenvalue weighted by atomic mass is 32.2. The van der Waals surface area contributed by atoms with Gasteiger partial charge in [0, 0.05) is 37.8 Å². The molecule has 2 atom stereocenters. The Hall–Kier alpha value is -0.452. The van der Waals surface area contributed by atoms with Gasteiger partial charge < -0.3 is 18.0 Å². The second-order valence-corrected chi connectivity index (χ2v) is 35.5.